The van der Waals surface area contributed by atoms with Gasteiger partial charge < -0.3 is 14.6 Å². The molecule has 0 spiro atoms. The van der Waals surface area contributed by atoms with E-state index >= 15 is 0 Å². The van der Waals surface area contributed by atoms with Gasteiger partial charge in [-0.25, -0.2) is 4.79 Å². The van der Waals surface area contributed by atoms with Crippen molar-refractivity contribution in [1.82, 2.24) is 20.1 Å². The number of rotatable bonds is 7. The lowest BCUT2D eigenvalue weighted by Crippen LogP contribution is -2.40. The lowest BCUT2D eigenvalue weighted by Gasteiger charge is -2.24. The summed E-state index contributed by atoms with van der Waals surface area (Å²) in [7, 11) is 1.63. The number of halogens is 1. The number of carbonyl (C=O) groups excluding carboxylic acids is 2. The predicted octanol–water partition coefficient (Wildman–Crippen LogP) is 3.19. The number of aromatic amines is 1. The third-order valence-electron chi connectivity index (χ3n) is 3.53. The van der Waals surface area contributed by atoms with Crippen LogP contribution >= 0.6 is 15.9 Å². The highest BCUT2D eigenvalue weighted by atomic mass is 79.9. The number of carbonyl (C=O) groups is 2. The predicted molar refractivity (Wildman–Crippen MR) is 100 cm³/mol. The molecule has 0 bridgehead atoms. The van der Waals surface area contributed by atoms with Gasteiger partial charge in [-0.1, -0.05) is 29.8 Å². The van der Waals surface area contributed by atoms with E-state index in [1.807, 2.05) is 13.8 Å². The number of nitrogens with zero attached hydrogens (tertiary/aromatic N) is 3. The molecule has 0 aliphatic rings. The molecule has 0 saturated heterocycles. The molecule has 140 valence electrons. The molecule has 9 heteroatoms. The Balaban J connectivity index is 1.99. The molecule has 1 aromatic carbocycles. The van der Waals surface area contributed by atoms with Crippen molar-refractivity contribution in [3.8, 4) is 0 Å². The molecule has 0 aliphatic heterocycles. The fourth-order valence-electron chi connectivity index (χ4n) is 2.29. The summed E-state index contributed by atoms with van der Waals surface area (Å²) < 4.78 is 6.30. The van der Waals surface area contributed by atoms with Crippen LogP contribution in [0, 0.1) is 5.92 Å². The minimum atomic E-state index is -0.877. The van der Waals surface area contributed by atoms with Crippen molar-refractivity contribution >= 4 is 33.6 Å². The summed E-state index contributed by atoms with van der Waals surface area (Å²) in [6, 6.07) is 7.08. The Morgan fingerprint density at radius 1 is 1.31 bits per heavy atom. The van der Waals surface area contributed by atoms with E-state index in [-0.39, 0.29) is 18.4 Å². The fourth-order valence-corrected chi connectivity index (χ4v) is 2.56. The van der Waals surface area contributed by atoms with Crippen molar-refractivity contribution in [2.45, 2.75) is 32.9 Å². The normalized spacial score (nSPS) is 11.9. The highest BCUT2D eigenvalue weighted by molar-refractivity contribution is 9.10. The molecule has 8 nitrogen and oxygen atoms in total. The molecular weight excluding hydrogens is 402 g/mol. The van der Waals surface area contributed by atoms with Crippen molar-refractivity contribution < 1.29 is 14.3 Å². The zero-order valence-electron chi connectivity index (χ0n) is 14.9. The maximum atomic E-state index is 12.7. The largest absolute Gasteiger partial charge is 0.436 e. The zero-order chi connectivity index (χ0) is 19.1. The third-order valence-corrected chi connectivity index (χ3v) is 4.06. The minimum absolute atomic E-state index is 0.183. The van der Waals surface area contributed by atoms with Crippen LogP contribution in [0.2, 0.25) is 0 Å². The topological polar surface area (TPSA) is 100 Å². The molecule has 2 rings (SSSR count). The number of ether oxygens (including phenoxy) is 1. The van der Waals surface area contributed by atoms with Crippen LogP contribution in [0.4, 0.5) is 10.5 Å². The average Bonchev–Trinajstić information content (AvgIpc) is 3.08. The second-order valence-electron chi connectivity index (χ2n) is 6.29. The summed E-state index contributed by atoms with van der Waals surface area (Å²) in [6.45, 7) is 4.19. The molecule has 1 atom stereocenters. The van der Waals surface area contributed by atoms with Gasteiger partial charge in [0, 0.05) is 17.2 Å². The molecule has 1 heterocycles. The van der Waals surface area contributed by atoms with Crippen LogP contribution in [0.1, 0.15) is 26.1 Å². The van der Waals surface area contributed by atoms with Gasteiger partial charge in [0.15, 0.2) is 6.10 Å². The van der Waals surface area contributed by atoms with Crippen molar-refractivity contribution in [2.24, 2.45) is 5.92 Å². The summed E-state index contributed by atoms with van der Waals surface area (Å²) in [5.74, 6) is 0.452. The Hall–Kier alpha value is -2.42. The van der Waals surface area contributed by atoms with Gasteiger partial charge in [-0.15, -0.1) is 10.2 Å². The van der Waals surface area contributed by atoms with Gasteiger partial charge in [-0.05, 0) is 36.6 Å². The van der Waals surface area contributed by atoms with E-state index in [2.05, 4.69) is 36.4 Å². The van der Waals surface area contributed by atoms with Crippen molar-refractivity contribution in [2.75, 3.05) is 12.4 Å². The maximum absolute atomic E-state index is 12.7. The first kappa shape index (κ1) is 19.9. The number of amides is 2. The quantitative estimate of drug-likeness (QED) is 0.711. The maximum Gasteiger partial charge on any atom is 0.412 e. The highest BCUT2D eigenvalue weighted by Gasteiger charge is 2.27. The smallest absolute Gasteiger partial charge is 0.412 e. The van der Waals surface area contributed by atoms with Crippen LogP contribution in [0.25, 0.3) is 0 Å². The van der Waals surface area contributed by atoms with Gasteiger partial charge in [-0.2, -0.15) is 0 Å². The van der Waals surface area contributed by atoms with Crippen molar-refractivity contribution in [3.63, 3.8) is 0 Å². The number of H-pyrrole nitrogens is 1. The van der Waals surface area contributed by atoms with Crippen LogP contribution in [0.5, 0.6) is 0 Å². The fraction of sp³-hybridized carbons (Fsp3) is 0.412. The lowest BCUT2D eigenvalue weighted by molar-refractivity contribution is -0.140. The van der Waals surface area contributed by atoms with E-state index in [0.29, 0.717) is 17.9 Å². The van der Waals surface area contributed by atoms with Gasteiger partial charge in [0.05, 0.1) is 6.54 Å². The summed E-state index contributed by atoms with van der Waals surface area (Å²) in [6.07, 6.45) is 0.326. The molecule has 0 fully saturated rings. The Kier molecular flexibility index (Phi) is 7.14. The molecule has 0 saturated carbocycles. The molecule has 2 aromatic rings. The van der Waals surface area contributed by atoms with E-state index in [0.717, 1.165) is 4.47 Å². The van der Waals surface area contributed by atoms with E-state index in [9.17, 15) is 9.59 Å². The van der Waals surface area contributed by atoms with E-state index in [1.54, 1.807) is 31.3 Å². The molecule has 0 aliphatic carbocycles. The monoisotopic (exact) mass is 423 g/mol. The first-order chi connectivity index (χ1) is 12.3. The van der Waals surface area contributed by atoms with Crippen LogP contribution in [0.3, 0.4) is 0 Å². The van der Waals surface area contributed by atoms with E-state index in [1.165, 1.54) is 11.2 Å². The lowest BCUT2D eigenvalue weighted by atomic mass is 10.1. The minimum Gasteiger partial charge on any atom is -0.436 e. The van der Waals surface area contributed by atoms with Gasteiger partial charge in [-0.3, -0.25) is 10.1 Å². The number of nitrogens with one attached hydrogen (secondary N) is 2. The first-order valence-electron chi connectivity index (χ1n) is 8.18. The summed E-state index contributed by atoms with van der Waals surface area (Å²) in [5, 5.41) is 10.2. The Morgan fingerprint density at radius 3 is 2.58 bits per heavy atom. The number of hydrogen-bond acceptors (Lipinski definition) is 5. The number of hydrogen-bond donors (Lipinski definition) is 2. The SMILES string of the molecule is CC(C)C[C@H](OC(=O)Nc1ccc(Br)cc1)C(=O)N(C)Cc1nnc[nH]1. The zero-order valence-corrected chi connectivity index (χ0v) is 16.5. The van der Waals surface area contributed by atoms with Crippen LogP contribution < -0.4 is 5.32 Å². The molecule has 26 heavy (non-hydrogen) atoms. The van der Waals surface area contributed by atoms with Crippen LogP contribution in [-0.2, 0) is 16.1 Å². The van der Waals surface area contributed by atoms with Gasteiger partial charge in [0.25, 0.3) is 5.91 Å². The Bertz CT molecular complexity index is 719. The molecular formula is C17H22BrN5O3. The third kappa shape index (κ3) is 6.14. The second kappa shape index (κ2) is 9.33. The molecule has 2 N–H and O–H groups in total. The Labute approximate surface area is 160 Å². The summed E-state index contributed by atoms with van der Waals surface area (Å²) >= 11 is 3.33. The molecule has 0 radical (unpaired) electrons. The van der Waals surface area contributed by atoms with Crippen molar-refractivity contribution in [3.05, 3.63) is 40.9 Å². The number of likely N-dealkylation sites (N-methyl/N-ethyl adjacent to an activating group) is 1. The standard InChI is InChI=1S/C17H22BrN5O3/c1-11(2)8-14(16(24)23(3)9-15-19-10-20-22-15)26-17(25)21-13-6-4-12(18)5-7-13/h4-7,10-11,14H,8-9H2,1-3H3,(H,21,25)(H,19,20,22)/t14-/m0/s1. The molecule has 1 aromatic heterocycles. The second-order valence-corrected chi connectivity index (χ2v) is 7.20. The molecule has 0 unspecified atom stereocenters. The van der Waals surface area contributed by atoms with E-state index < -0.39 is 12.2 Å². The molecule has 2 amide bonds. The summed E-state index contributed by atoms with van der Waals surface area (Å²) in [5.41, 5.74) is 0.587. The average molecular weight is 424 g/mol. The van der Waals surface area contributed by atoms with Gasteiger partial charge >= 0.3 is 6.09 Å². The van der Waals surface area contributed by atoms with Crippen LogP contribution in [-0.4, -0.2) is 45.2 Å². The number of anilines is 1. The highest BCUT2D eigenvalue weighted by Crippen LogP contribution is 2.16. The number of aromatic nitrogens is 3. The van der Waals surface area contributed by atoms with Gasteiger partial charge in [0.1, 0.15) is 12.2 Å². The van der Waals surface area contributed by atoms with E-state index in [4.69, 9.17) is 4.74 Å². The van der Waals surface area contributed by atoms with Crippen LogP contribution in [0.15, 0.2) is 35.1 Å². The van der Waals surface area contributed by atoms with Gasteiger partial charge in [0.2, 0.25) is 0 Å². The number of benzene rings is 1. The summed E-state index contributed by atoms with van der Waals surface area (Å²) in [4.78, 5) is 29.2. The first-order valence-corrected chi connectivity index (χ1v) is 8.97. The Morgan fingerprint density at radius 2 is 2.00 bits per heavy atom. The van der Waals surface area contributed by atoms with Crippen molar-refractivity contribution in [1.29, 1.82) is 0 Å².